The molecule has 0 spiro atoms. The molecule has 1 fully saturated rings. The van der Waals surface area contributed by atoms with Crippen LogP contribution in [0.3, 0.4) is 0 Å². The summed E-state index contributed by atoms with van der Waals surface area (Å²) in [6.07, 6.45) is 0.542. The van der Waals surface area contributed by atoms with Crippen LogP contribution in [-0.4, -0.2) is 17.8 Å². The van der Waals surface area contributed by atoms with Crippen molar-refractivity contribution in [3.63, 3.8) is 0 Å². The second-order valence-electron chi connectivity index (χ2n) is 4.16. The first-order valence-corrected chi connectivity index (χ1v) is 6.36. The number of nitrogens with zero attached hydrogens (tertiary/aromatic N) is 1. The van der Waals surface area contributed by atoms with Crippen LogP contribution in [0, 0.1) is 18.7 Å². The van der Waals surface area contributed by atoms with E-state index in [0.717, 1.165) is 5.33 Å². The smallest absolute Gasteiger partial charge is 0.227 e. The topological polar surface area (TPSA) is 20.3 Å². The summed E-state index contributed by atoms with van der Waals surface area (Å²) < 4.78 is 13.4. The molecule has 1 aromatic rings. The van der Waals surface area contributed by atoms with E-state index in [9.17, 15) is 9.18 Å². The van der Waals surface area contributed by atoms with Crippen LogP contribution in [-0.2, 0) is 4.79 Å². The molecule has 4 heteroatoms. The maximum Gasteiger partial charge on any atom is 0.227 e. The van der Waals surface area contributed by atoms with Gasteiger partial charge in [-0.1, -0.05) is 22.0 Å². The Hall–Kier alpha value is -0.900. The molecule has 1 heterocycles. The van der Waals surface area contributed by atoms with Crippen LogP contribution in [0.5, 0.6) is 0 Å². The van der Waals surface area contributed by atoms with E-state index < -0.39 is 0 Å². The lowest BCUT2D eigenvalue weighted by Crippen LogP contribution is -2.24. The Labute approximate surface area is 103 Å². The fourth-order valence-electron chi connectivity index (χ4n) is 1.88. The third-order valence-corrected chi connectivity index (χ3v) is 3.81. The Morgan fingerprint density at radius 2 is 2.31 bits per heavy atom. The number of hydrogen-bond donors (Lipinski definition) is 0. The minimum atomic E-state index is -0.257. The molecule has 86 valence electrons. The molecule has 0 N–H and O–H groups in total. The van der Waals surface area contributed by atoms with Crippen molar-refractivity contribution in [3.8, 4) is 0 Å². The van der Waals surface area contributed by atoms with Crippen molar-refractivity contribution in [2.75, 3.05) is 16.8 Å². The highest BCUT2D eigenvalue weighted by molar-refractivity contribution is 9.09. The molecule has 16 heavy (non-hydrogen) atoms. The van der Waals surface area contributed by atoms with Gasteiger partial charge in [0.25, 0.3) is 0 Å². The summed E-state index contributed by atoms with van der Waals surface area (Å²) in [7, 11) is 0. The number of carbonyl (C=O) groups excluding carboxylic acids is 1. The highest BCUT2D eigenvalue weighted by atomic mass is 79.9. The number of hydrogen-bond acceptors (Lipinski definition) is 1. The molecule has 1 atom stereocenters. The van der Waals surface area contributed by atoms with Crippen molar-refractivity contribution in [2.45, 2.75) is 13.3 Å². The minimum Gasteiger partial charge on any atom is -0.312 e. The second kappa shape index (κ2) is 4.53. The van der Waals surface area contributed by atoms with E-state index >= 15 is 0 Å². The van der Waals surface area contributed by atoms with Crippen LogP contribution < -0.4 is 4.90 Å². The minimum absolute atomic E-state index is 0.0766. The Morgan fingerprint density at radius 1 is 1.56 bits per heavy atom. The van der Waals surface area contributed by atoms with E-state index in [4.69, 9.17) is 0 Å². The van der Waals surface area contributed by atoms with Gasteiger partial charge in [-0.2, -0.15) is 0 Å². The van der Waals surface area contributed by atoms with E-state index in [2.05, 4.69) is 15.9 Å². The lowest BCUT2D eigenvalue weighted by Gasteiger charge is -2.16. The molecule has 1 unspecified atom stereocenters. The zero-order chi connectivity index (χ0) is 11.7. The van der Waals surface area contributed by atoms with E-state index in [-0.39, 0.29) is 11.7 Å². The molecule has 1 aliphatic rings. The monoisotopic (exact) mass is 285 g/mol. The van der Waals surface area contributed by atoms with Gasteiger partial charge >= 0.3 is 0 Å². The maximum atomic E-state index is 13.4. The second-order valence-corrected chi connectivity index (χ2v) is 4.81. The summed E-state index contributed by atoms with van der Waals surface area (Å²) in [6.45, 7) is 2.39. The average Bonchev–Trinajstić information content (AvgIpc) is 2.64. The highest BCUT2D eigenvalue weighted by Gasteiger charge is 2.29. The van der Waals surface area contributed by atoms with Crippen LogP contribution >= 0.6 is 15.9 Å². The molecular formula is C12H13BrFNO. The van der Waals surface area contributed by atoms with Gasteiger partial charge in [0.2, 0.25) is 5.91 Å². The summed E-state index contributed by atoms with van der Waals surface area (Å²) >= 11 is 3.38. The fourth-order valence-corrected chi connectivity index (χ4v) is 2.32. The van der Waals surface area contributed by atoms with Crippen molar-refractivity contribution in [3.05, 3.63) is 29.6 Å². The van der Waals surface area contributed by atoms with Crippen LogP contribution in [0.1, 0.15) is 12.0 Å². The van der Waals surface area contributed by atoms with Gasteiger partial charge < -0.3 is 4.90 Å². The normalized spacial score (nSPS) is 20.6. The number of alkyl halides is 1. The molecular weight excluding hydrogens is 273 g/mol. The molecule has 1 aromatic carbocycles. The largest absolute Gasteiger partial charge is 0.312 e. The van der Waals surface area contributed by atoms with Crippen molar-refractivity contribution >= 4 is 27.5 Å². The standard InChI is InChI=1S/C12H13BrFNO/c1-8-2-3-10(5-11(8)14)15-7-9(6-13)4-12(15)16/h2-3,5,9H,4,6-7H2,1H3. The van der Waals surface area contributed by atoms with Crippen molar-refractivity contribution in [1.82, 2.24) is 0 Å². The summed E-state index contributed by atoms with van der Waals surface area (Å²) in [6, 6.07) is 4.94. The zero-order valence-electron chi connectivity index (χ0n) is 9.04. The number of benzene rings is 1. The molecule has 0 saturated carbocycles. The Morgan fingerprint density at radius 3 is 2.88 bits per heavy atom. The van der Waals surface area contributed by atoms with Gasteiger partial charge in [0.1, 0.15) is 5.82 Å². The molecule has 0 aromatic heterocycles. The third-order valence-electron chi connectivity index (χ3n) is 2.89. The maximum absolute atomic E-state index is 13.4. The van der Waals surface area contributed by atoms with Gasteiger partial charge in [-0.25, -0.2) is 4.39 Å². The first-order valence-electron chi connectivity index (χ1n) is 5.24. The molecule has 1 aliphatic heterocycles. The van der Waals surface area contributed by atoms with Gasteiger partial charge in [0, 0.05) is 24.0 Å². The Kier molecular flexibility index (Phi) is 3.28. The predicted octanol–water partition coefficient (Wildman–Crippen LogP) is 2.88. The van der Waals surface area contributed by atoms with Crippen LogP contribution in [0.4, 0.5) is 10.1 Å². The number of aryl methyl sites for hydroxylation is 1. The average molecular weight is 286 g/mol. The van der Waals surface area contributed by atoms with E-state index in [1.165, 1.54) is 6.07 Å². The van der Waals surface area contributed by atoms with Gasteiger partial charge in [0.15, 0.2) is 0 Å². The van der Waals surface area contributed by atoms with Crippen LogP contribution in [0.2, 0.25) is 0 Å². The van der Waals surface area contributed by atoms with Crippen molar-refractivity contribution in [1.29, 1.82) is 0 Å². The molecule has 0 bridgehead atoms. The molecule has 2 rings (SSSR count). The summed E-state index contributed by atoms with van der Waals surface area (Å²) in [5, 5.41) is 0.809. The number of halogens is 2. The predicted molar refractivity (Wildman–Crippen MR) is 65.4 cm³/mol. The first-order chi connectivity index (χ1) is 7.61. The number of rotatable bonds is 2. The van der Waals surface area contributed by atoms with Gasteiger partial charge in [-0.15, -0.1) is 0 Å². The van der Waals surface area contributed by atoms with E-state index in [0.29, 0.717) is 30.1 Å². The summed E-state index contributed by atoms with van der Waals surface area (Å²) in [5.41, 5.74) is 1.27. The van der Waals surface area contributed by atoms with Gasteiger partial charge in [0.05, 0.1) is 0 Å². The molecule has 1 amide bonds. The SMILES string of the molecule is Cc1ccc(N2CC(CBr)CC2=O)cc1F. The quantitative estimate of drug-likeness (QED) is 0.765. The number of anilines is 1. The lowest BCUT2D eigenvalue weighted by atomic mass is 10.1. The van der Waals surface area contributed by atoms with E-state index in [1.54, 1.807) is 24.0 Å². The molecule has 1 saturated heterocycles. The highest BCUT2D eigenvalue weighted by Crippen LogP contribution is 2.27. The van der Waals surface area contributed by atoms with Crippen LogP contribution in [0.25, 0.3) is 0 Å². The number of carbonyl (C=O) groups is 1. The molecule has 2 nitrogen and oxygen atoms in total. The Bertz CT molecular complexity index is 421. The Balaban J connectivity index is 2.24. The third kappa shape index (κ3) is 2.12. The summed E-state index contributed by atoms with van der Waals surface area (Å²) in [4.78, 5) is 13.4. The van der Waals surface area contributed by atoms with Crippen molar-refractivity contribution in [2.24, 2.45) is 5.92 Å². The van der Waals surface area contributed by atoms with Gasteiger partial charge in [-0.3, -0.25) is 4.79 Å². The molecule has 0 radical (unpaired) electrons. The van der Waals surface area contributed by atoms with Crippen LogP contribution in [0.15, 0.2) is 18.2 Å². The molecule has 0 aliphatic carbocycles. The number of amides is 1. The zero-order valence-corrected chi connectivity index (χ0v) is 10.6. The van der Waals surface area contributed by atoms with Gasteiger partial charge in [-0.05, 0) is 30.5 Å². The summed E-state index contributed by atoms with van der Waals surface area (Å²) in [5.74, 6) is 0.150. The van der Waals surface area contributed by atoms with Crippen molar-refractivity contribution < 1.29 is 9.18 Å². The van der Waals surface area contributed by atoms with E-state index in [1.807, 2.05) is 0 Å². The lowest BCUT2D eigenvalue weighted by molar-refractivity contribution is -0.117. The first kappa shape index (κ1) is 11.6. The fraction of sp³-hybridized carbons (Fsp3) is 0.417.